The van der Waals surface area contributed by atoms with Crippen molar-refractivity contribution < 1.29 is 9.53 Å². The summed E-state index contributed by atoms with van der Waals surface area (Å²) in [5.74, 6) is 0. The Labute approximate surface area is 120 Å². The molecule has 1 aromatic rings. The van der Waals surface area contributed by atoms with Crippen molar-refractivity contribution in [2.24, 2.45) is 5.73 Å². The van der Waals surface area contributed by atoms with Gasteiger partial charge in [-0.15, -0.1) is 0 Å². The third-order valence-electron chi connectivity index (χ3n) is 3.49. The van der Waals surface area contributed by atoms with Crippen LogP contribution in [0.3, 0.4) is 0 Å². The molecule has 4 nitrogen and oxygen atoms in total. The van der Waals surface area contributed by atoms with E-state index < -0.39 is 5.60 Å². The highest BCUT2D eigenvalue weighted by molar-refractivity contribution is 5.69. The second kappa shape index (κ2) is 5.44. The van der Waals surface area contributed by atoms with E-state index in [-0.39, 0.29) is 18.2 Å². The zero-order chi connectivity index (χ0) is 14.9. The van der Waals surface area contributed by atoms with Crippen molar-refractivity contribution in [2.75, 3.05) is 6.54 Å². The van der Waals surface area contributed by atoms with Gasteiger partial charge in [-0.05, 0) is 39.7 Å². The van der Waals surface area contributed by atoms with Crippen molar-refractivity contribution in [3.63, 3.8) is 0 Å². The molecule has 2 unspecified atom stereocenters. The van der Waals surface area contributed by atoms with Gasteiger partial charge in [-0.3, -0.25) is 4.90 Å². The minimum absolute atomic E-state index is 0.0368. The van der Waals surface area contributed by atoms with Crippen LogP contribution in [0.1, 0.15) is 44.4 Å². The average molecular weight is 276 g/mol. The topological polar surface area (TPSA) is 55.6 Å². The van der Waals surface area contributed by atoms with Gasteiger partial charge in [0, 0.05) is 12.6 Å². The molecule has 1 amide bonds. The number of aryl methyl sites for hydroxylation is 1. The molecule has 0 spiro atoms. The Morgan fingerprint density at radius 1 is 1.30 bits per heavy atom. The van der Waals surface area contributed by atoms with Gasteiger partial charge in [0.05, 0.1) is 6.04 Å². The number of likely N-dealkylation sites (tertiary alicyclic amines) is 1. The quantitative estimate of drug-likeness (QED) is 0.858. The van der Waals surface area contributed by atoms with Crippen molar-refractivity contribution in [2.45, 2.75) is 51.8 Å². The third kappa shape index (κ3) is 3.31. The molecule has 2 N–H and O–H groups in total. The van der Waals surface area contributed by atoms with Gasteiger partial charge in [-0.2, -0.15) is 0 Å². The van der Waals surface area contributed by atoms with Gasteiger partial charge < -0.3 is 10.5 Å². The first kappa shape index (κ1) is 14.9. The Bertz CT molecular complexity index is 476. The standard InChI is InChI=1S/C16H24N2O2/c1-11-5-7-12(8-6-11)14-13(17)9-10-18(14)15(19)20-16(2,3)4/h5-8,13-14H,9-10,17H2,1-4H3. The molecule has 1 aromatic carbocycles. The van der Waals surface area contributed by atoms with E-state index in [1.807, 2.05) is 52.0 Å². The van der Waals surface area contributed by atoms with Gasteiger partial charge in [0.25, 0.3) is 0 Å². The normalized spacial score (nSPS) is 22.9. The molecule has 1 aliphatic rings. The number of nitrogens with two attached hydrogens (primary N) is 1. The lowest BCUT2D eigenvalue weighted by atomic mass is 10.00. The van der Waals surface area contributed by atoms with E-state index in [0.29, 0.717) is 6.54 Å². The average Bonchev–Trinajstić information content (AvgIpc) is 2.70. The molecule has 0 aromatic heterocycles. The summed E-state index contributed by atoms with van der Waals surface area (Å²) in [5.41, 5.74) is 7.98. The van der Waals surface area contributed by atoms with Crippen molar-refractivity contribution >= 4 is 6.09 Å². The van der Waals surface area contributed by atoms with Crippen LogP contribution in [-0.4, -0.2) is 29.2 Å². The molecule has 2 rings (SSSR count). The number of ether oxygens (including phenoxy) is 1. The molecule has 20 heavy (non-hydrogen) atoms. The van der Waals surface area contributed by atoms with E-state index in [2.05, 4.69) is 0 Å². The van der Waals surface area contributed by atoms with Crippen LogP contribution in [0.4, 0.5) is 4.79 Å². The van der Waals surface area contributed by atoms with E-state index in [0.717, 1.165) is 12.0 Å². The maximum atomic E-state index is 12.3. The van der Waals surface area contributed by atoms with Crippen molar-refractivity contribution in [1.29, 1.82) is 0 Å². The minimum Gasteiger partial charge on any atom is -0.444 e. The number of hydrogen-bond donors (Lipinski definition) is 1. The summed E-state index contributed by atoms with van der Waals surface area (Å²) in [6.07, 6.45) is 0.522. The lowest BCUT2D eigenvalue weighted by Gasteiger charge is -2.30. The van der Waals surface area contributed by atoms with Crippen LogP contribution >= 0.6 is 0 Å². The summed E-state index contributed by atoms with van der Waals surface area (Å²) in [6.45, 7) is 8.32. The largest absolute Gasteiger partial charge is 0.444 e. The highest BCUT2D eigenvalue weighted by Crippen LogP contribution is 2.32. The number of benzene rings is 1. The monoisotopic (exact) mass is 276 g/mol. The predicted octanol–water partition coefficient (Wildman–Crippen LogP) is 3.00. The van der Waals surface area contributed by atoms with E-state index >= 15 is 0 Å². The fourth-order valence-corrected chi connectivity index (χ4v) is 2.53. The maximum Gasteiger partial charge on any atom is 0.410 e. The maximum absolute atomic E-state index is 12.3. The van der Waals surface area contributed by atoms with Crippen LogP contribution < -0.4 is 5.73 Å². The summed E-state index contributed by atoms with van der Waals surface area (Å²) in [7, 11) is 0. The van der Waals surface area contributed by atoms with E-state index in [1.54, 1.807) is 4.90 Å². The Morgan fingerprint density at radius 3 is 2.45 bits per heavy atom. The highest BCUT2D eigenvalue weighted by atomic mass is 16.6. The number of carbonyl (C=O) groups excluding carboxylic acids is 1. The van der Waals surface area contributed by atoms with E-state index in [1.165, 1.54) is 5.56 Å². The molecule has 4 heteroatoms. The van der Waals surface area contributed by atoms with Gasteiger partial charge in [-0.25, -0.2) is 4.79 Å². The van der Waals surface area contributed by atoms with Crippen molar-refractivity contribution in [1.82, 2.24) is 4.90 Å². The lowest BCUT2D eigenvalue weighted by Crippen LogP contribution is -2.39. The summed E-state index contributed by atoms with van der Waals surface area (Å²) < 4.78 is 5.48. The van der Waals surface area contributed by atoms with E-state index in [9.17, 15) is 4.79 Å². The predicted molar refractivity (Wildman–Crippen MR) is 79.5 cm³/mol. The summed E-state index contributed by atoms with van der Waals surface area (Å²) in [6, 6.07) is 8.06. The fraction of sp³-hybridized carbons (Fsp3) is 0.562. The Hall–Kier alpha value is -1.55. The molecular weight excluding hydrogens is 252 g/mol. The van der Waals surface area contributed by atoms with Crippen LogP contribution in [0.5, 0.6) is 0 Å². The van der Waals surface area contributed by atoms with Gasteiger partial charge in [0.15, 0.2) is 0 Å². The van der Waals surface area contributed by atoms with Gasteiger partial charge in [0.2, 0.25) is 0 Å². The Morgan fingerprint density at radius 2 is 1.90 bits per heavy atom. The van der Waals surface area contributed by atoms with Crippen molar-refractivity contribution in [3.8, 4) is 0 Å². The smallest absolute Gasteiger partial charge is 0.410 e. The number of rotatable bonds is 1. The number of amides is 1. The zero-order valence-corrected chi connectivity index (χ0v) is 12.7. The van der Waals surface area contributed by atoms with Gasteiger partial charge >= 0.3 is 6.09 Å². The third-order valence-corrected chi connectivity index (χ3v) is 3.49. The van der Waals surface area contributed by atoms with E-state index in [4.69, 9.17) is 10.5 Å². The zero-order valence-electron chi connectivity index (χ0n) is 12.7. The molecule has 0 aliphatic carbocycles. The molecule has 0 radical (unpaired) electrons. The number of carbonyl (C=O) groups is 1. The van der Waals surface area contributed by atoms with Gasteiger partial charge in [0.1, 0.15) is 5.60 Å². The number of nitrogens with zero attached hydrogens (tertiary/aromatic N) is 1. The molecule has 0 saturated carbocycles. The minimum atomic E-state index is -0.485. The molecule has 1 fully saturated rings. The van der Waals surface area contributed by atoms with Crippen LogP contribution in [-0.2, 0) is 4.74 Å². The SMILES string of the molecule is Cc1ccc(C2C(N)CCN2C(=O)OC(C)(C)C)cc1. The van der Waals surface area contributed by atoms with Crippen LogP contribution in [0.25, 0.3) is 0 Å². The molecule has 1 heterocycles. The summed E-state index contributed by atoms with van der Waals surface area (Å²) >= 11 is 0. The molecule has 1 aliphatic heterocycles. The van der Waals surface area contributed by atoms with Gasteiger partial charge in [-0.1, -0.05) is 29.8 Å². The molecule has 110 valence electrons. The van der Waals surface area contributed by atoms with Crippen LogP contribution in [0.2, 0.25) is 0 Å². The first-order valence-corrected chi connectivity index (χ1v) is 7.10. The second-order valence-electron chi connectivity index (χ2n) is 6.48. The Kier molecular flexibility index (Phi) is 4.04. The van der Waals surface area contributed by atoms with Crippen LogP contribution in [0, 0.1) is 6.92 Å². The fourth-order valence-electron chi connectivity index (χ4n) is 2.53. The first-order valence-electron chi connectivity index (χ1n) is 7.10. The summed E-state index contributed by atoms with van der Waals surface area (Å²) in [4.78, 5) is 14.1. The second-order valence-corrected chi connectivity index (χ2v) is 6.48. The first-order chi connectivity index (χ1) is 9.28. The number of hydrogen-bond acceptors (Lipinski definition) is 3. The molecule has 1 saturated heterocycles. The lowest BCUT2D eigenvalue weighted by molar-refractivity contribution is 0.0218. The van der Waals surface area contributed by atoms with Crippen LogP contribution in [0.15, 0.2) is 24.3 Å². The molecule has 0 bridgehead atoms. The molecule has 2 atom stereocenters. The highest BCUT2D eigenvalue weighted by Gasteiger charge is 2.38. The summed E-state index contributed by atoms with van der Waals surface area (Å²) in [5, 5.41) is 0. The molecular formula is C16H24N2O2. The van der Waals surface area contributed by atoms with Crippen molar-refractivity contribution in [3.05, 3.63) is 35.4 Å². The Balaban J connectivity index is 2.20.